The Morgan fingerprint density at radius 2 is 0.723 bits per heavy atom. The number of hydrogen-bond acceptors (Lipinski definition) is 1. The van der Waals surface area contributed by atoms with Crippen LogP contribution in [0.1, 0.15) is 25.0 Å². The van der Waals surface area contributed by atoms with Crippen LogP contribution < -0.4 is 4.90 Å². The van der Waals surface area contributed by atoms with Crippen LogP contribution in [-0.2, 0) is 5.41 Å². The van der Waals surface area contributed by atoms with Crippen molar-refractivity contribution in [2.24, 2.45) is 0 Å². The number of fused-ring (bicyclic) bond motifs is 6. The molecule has 0 saturated heterocycles. The second-order valence-electron chi connectivity index (χ2n) is 17.7. The van der Waals surface area contributed by atoms with E-state index in [0.717, 1.165) is 22.7 Å². The minimum Gasteiger partial charge on any atom is -0.311 e. The predicted molar refractivity (Wildman–Crippen MR) is 275 cm³/mol. The van der Waals surface area contributed by atoms with Crippen LogP contribution >= 0.6 is 0 Å². The quantitative estimate of drug-likeness (QED) is 0.148. The van der Waals surface area contributed by atoms with E-state index in [4.69, 9.17) is 0 Å². The molecule has 308 valence electrons. The van der Waals surface area contributed by atoms with Crippen molar-refractivity contribution in [1.82, 2.24) is 4.57 Å². The zero-order chi connectivity index (χ0) is 43.5. The van der Waals surface area contributed by atoms with Gasteiger partial charge in [-0.25, -0.2) is 0 Å². The number of hydrogen-bond donors (Lipinski definition) is 0. The summed E-state index contributed by atoms with van der Waals surface area (Å²) < 4.78 is 2.42. The highest BCUT2D eigenvalue weighted by atomic mass is 15.1. The maximum absolute atomic E-state index is 2.43. The van der Waals surface area contributed by atoms with E-state index in [0.29, 0.717) is 0 Å². The monoisotopic (exact) mass is 830 g/mol. The molecule has 0 atom stereocenters. The van der Waals surface area contributed by atoms with Crippen molar-refractivity contribution in [3.05, 3.63) is 254 Å². The zero-order valence-corrected chi connectivity index (χ0v) is 36.5. The molecule has 12 rings (SSSR count). The highest BCUT2D eigenvalue weighted by Gasteiger charge is 2.36. The van der Waals surface area contributed by atoms with Gasteiger partial charge >= 0.3 is 0 Å². The molecule has 0 bridgehead atoms. The lowest BCUT2D eigenvalue weighted by molar-refractivity contribution is 0.660. The Morgan fingerprint density at radius 1 is 0.323 bits per heavy atom. The molecule has 1 heterocycles. The molecule has 0 amide bonds. The summed E-state index contributed by atoms with van der Waals surface area (Å²) >= 11 is 0. The van der Waals surface area contributed by atoms with Gasteiger partial charge in [-0.05, 0) is 140 Å². The first-order valence-corrected chi connectivity index (χ1v) is 22.6. The number of nitrogens with zero attached hydrogens (tertiary/aromatic N) is 2. The summed E-state index contributed by atoms with van der Waals surface area (Å²) in [7, 11) is 0. The molecular formula is C63H46N2. The molecule has 10 aromatic carbocycles. The Hall–Kier alpha value is -8.20. The van der Waals surface area contributed by atoms with Crippen molar-refractivity contribution in [2.75, 3.05) is 4.90 Å². The van der Waals surface area contributed by atoms with E-state index in [9.17, 15) is 0 Å². The van der Waals surface area contributed by atoms with Gasteiger partial charge in [-0.3, -0.25) is 0 Å². The molecule has 11 aromatic rings. The van der Waals surface area contributed by atoms with Crippen LogP contribution in [0.15, 0.2) is 243 Å². The van der Waals surface area contributed by atoms with Gasteiger partial charge in [0.15, 0.2) is 0 Å². The zero-order valence-electron chi connectivity index (χ0n) is 36.5. The molecular weight excluding hydrogens is 785 g/mol. The Balaban J connectivity index is 0.960. The van der Waals surface area contributed by atoms with Crippen LogP contribution in [0.25, 0.3) is 83.1 Å². The van der Waals surface area contributed by atoms with Gasteiger partial charge in [0.1, 0.15) is 0 Å². The van der Waals surface area contributed by atoms with Gasteiger partial charge in [-0.1, -0.05) is 184 Å². The molecule has 0 saturated carbocycles. The number of anilines is 3. The van der Waals surface area contributed by atoms with Crippen LogP contribution in [0.5, 0.6) is 0 Å². The molecule has 0 unspecified atom stereocenters. The lowest BCUT2D eigenvalue weighted by Gasteiger charge is -2.26. The third-order valence-corrected chi connectivity index (χ3v) is 13.6. The molecule has 1 aliphatic rings. The third-order valence-electron chi connectivity index (χ3n) is 13.6. The fraction of sp³-hybridized carbons (Fsp3) is 0.0476. The lowest BCUT2D eigenvalue weighted by Crippen LogP contribution is -2.14. The van der Waals surface area contributed by atoms with Crippen LogP contribution in [-0.4, -0.2) is 4.57 Å². The molecule has 0 N–H and O–H groups in total. The summed E-state index contributed by atoms with van der Waals surface area (Å²) in [5.74, 6) is 0. The Kier molecular flexibility index (Phi) is 9.21. The Labute approximate surface area is 381 Å². The van der Waals surface area contributed by atoms with Gasteiger partial charge in [-0.15, -0.1) is 0 Å². The van der Waals surface area contributed by atoms with E-state index in [-0.39, 0.29) is 5.41 Å². The molecule has 0 aliphatic heterocycles. The summed E-state index contributed by atoms with van der Waals surface area (Å²) in [6, 6.07) is 88.7. The normalized spacial score (nSPS) is 12.6. The molecule has 0 fully saturated rings. The standard InChI is InChI=1S/C63H46N2/c1-63(2)58-23-13-12-21-55(58)62-54(22-14-24-59(62)63)49-32-40-61-57(42-49)56-41-48(31-39-60(56)65(61)50-19-10-5-11-20-50)47-29-37-53(38-30-47)64(51-33-25-45(26-34-51)43-15-6-3-7-16-43)52-35-27-46(28-36-52)44-17-8-4-9-18-44/h3-42H,1-2H3. The summed E-state index contributed by atoms with van der Waals surface area (Å²) in [5.41, 5.74) is 22.0. The van der Waals surface area contributed by atoms with Gasteiger partial charge in [-0.2, -0.15) is 0 Å². The first kappa shape index (κ1) is 38.5. The fourth-order valence-corrected chi connectivity index (χ4v) is 10.3. The molecule has 1 aliphatic carbocycles. The van der Waals surface area contributed by atoms with Gasteiger partial charge in [0.25, 0.3) is 0 Å². The molecule has 65 heavy (non-hydrogen) atoms. The minimum atomic E-state index is -0.0587. The second-order valence-corrected chi connectivity index (χ2v) is 17.7. The van der Waals surface area contributed by atoms with Crippen molar-refractivity contribution in [1.29, 1.82) is 0 Å². The van der Waals surface area contributed by atoms with E-state index >= 15 is 0 Å². The molecule has 0 radical (unpaired) electrons. The van der Waals surface area contributed by atoms with E-state index in [1.807, 2.05) is 0 Å². The second kappa shape index (κ2) is 15.6. The van der Waals surface area contributed by atoms with Crippen molar-refractivity contribution in [2.45, 2.75) is 19.3 Å². The number of rotatable bonds is 8. The lowest BCUT2D eigenvalue weighted by atomic mass is 9.82. The summed E-state index contributed by atoms with van der Waals surface area (Å²) in [4.78, 5) is 2.35. The van der Waals surface area contributed by atoms with E-state index in [2.05, 4.69) is 266 Å². The minimum absolute atomic E-state index is 0.0587. The number of para-hydroxylation sites is 1. The highest BCUT2D eigenvalue weighted by Crippen LogP contribution is 2.52. The van der Waals surface area contributed by atoms with Gasteiger partial charge in [0, 0.05) is 38.9 Å². The molecule has 1 aromatic heterocycles. The maximum atomic E-state index is 2.43. The van der Waals surface area contributed by atoms with E-state index < -0.39 is 0 Å². The van der Waals surface area contributed by atoms with Gasteiger partial charge in [0.2, 0.25) is 0 Å². The summed E-state index contributed by atoms with van der Waals surface area (Å²) in [6.45, 7) is 4.71. The molecule has 2 heteroatoms. The van der Waals surface area contributed by atoms with Crippen LogP contribution in [0.2, 0.25) is 0 Å². The van der Waals surface area contributed by atoms with Crippen molar-refractivity contribution in [3.8, 4) is 61.3 Å². The van der Waals surface area contributed by atoms with Crippen LogP contribution in [0.3, 0.4) is 0 Å². The number of aromatic nitrogens is 1. The van der Waals surface area contributed by atoms with Gasteiger partial charge < -0.3 is 9.47 Å². The first-order valence-electron chi connectivity index (χ1n) is 22.6. The number of benzene rings is 10. The highest BCUT2D eigenvalue weighted by molar-refractivity contribution is 6.12. The first-order chi connectivity index (χ1) is 32.0. The van der Waals surface area contributed by atoms with Crippen LogP contribution in [0.4, 0.5) is 17.1 Å². The predicted octanol–water partition coefficient (Wildman–Crippen LogP) is 17.2. The maximum Gasteiger partial charge on any atom is 0.0541 e. The van der Waals surface area contributed by atoms with Crippen molar-refractivity contribution in [3.63, 3.8) is 0 Å². The van der Waals surface area contributed by atoms with Crippen LogP contribution in [0, 0.1) is 0 Å². The van der Waals surface area contributed by atoms with E-state index in [1.165, 1.54) is 88.6 Å². The Bertz CT molecular complexity index is 3430. The summed E-state index contributed by atoms with van der Waals surface area (Å²) in [6.07, 6.45) is 0. The SMILES string of the molecule is CC1(C)c2ccccc2-c2c(-c3ccc4c(c3)c3cc(-c5ccc(N(c6ccc(-c7ccccc7)cc6)c6ccc(-c7ccccc7)cc6)cc5)ccc3n4-c3ccccc3)cccc21. The largest absolute Gasteiger partial charge is 0.311 e. The fourth-order valence-electron chi connectivity index (χ4n) is 10.3. The third kappa shape index (κ3) is 6.57. The van der Waals surface area contributed by atoms with E-state index in [1.54, 1.807) is 0 Å². The molecule has 2 nitrogen and oxygen atoms in total. The molecule has 0 spiro atoms. The van der Waals surface area contributed by atoms with Crippen molar-refractivity contribution >= 4 is 38.9 Å². The average molecular weight is 831 g/mol. The summed E-state index contributed by atoms with van der Waals surface area (Å²) in [5, 5.41) is 2.48. The Morgan fingerprint density at radius 3 is 1.28 bits per heavy atom. The van der Waals surface area contributed by atoms with Crippen molar-refractivity contribution < 1.29 is 0 Å². The smallest absolute Gasteiger partial charge is 0.0541 e. The van der Waals surface area contributed by atoms with Gasteiger partial charge in [0.05, 0.1) is 11.0 Å². The topological polar surface area (TPSA) is 8.17 Å². The average Bonchev–Trinajstić information content (AvgIpc) is 3.83.